The van der Waals surface area contributed by atoms with Gasteiger partial charge in [-0.05, 0) is 48.7 Å². The van der Waals surface area contributed by atoms with Crippen LogP contribution in [0.1, 0.15) is 4.88 Å². The van der Waals surface area contributed by atoms with E-state index in [1.54, 1.807) is 17.5 Å². The Hall–Kier alpha value is -3.25. The van der Waals surface area contributed by atoms with Crippen molar-refractivity contribution in [2.24, 2.45) is 0 Å². The number of aromatic nitrogens is 4. The van der Waals surface area contributed by atoms with Crippen LogP contribution >= 0.6 is 11.3 Å². The van der Waals surface area contributed by atoms with E-state index in [2.05, 4.69) is 56.7 Å². The SMILES string of the molecule is Cc1cc2ccc(-c3nccc(Nc4ccc5[nH]ncc5c4)n3)cc2s1. The molecule has 5 aromatic rings. The summed E-state index contributed by atoms with van der Waals surface area (Å²) in [6.07, 6.45) is 3.59. The molecular formula is C20H15N5S. The molecule has 0 unspecified atom stereocenters. The summed E-state index contributed by atoms with van der Waals surface area (Å²) in [6.45, 7) is 2.13. The fourth-order valence-electron chi connectivity index (χ4n) is 3.04. The van der Waals surface area contributed by atoms with Crippen LogP contribution in [-0.4, -0.2) is 20.2 Å². The summed E-state index contributed by atoms with van der Waals surface area (Å²) < 4.78 is 1.26. The van der Waals surface area contributed by atoms with E-state index in [-0.39, 0.29) is 0 Å². The first-order valence-electron chi connectivity index (χ1n) is 8.28. The molecule has 0 amide bonds. The van der Waals surface area contributed by atoms with E-state index in [4.69, 9.17) is 0 Å². The van der Waals surface area contributed by atoms with Crippen LogP contribution in [0.2, 0.25) is 0 Å². The summed E-state index contributed by atoms with van der Waals surface area (Å²) in [6, 6.07) is 16.5. The Morgan fingerprint density at radius 1 is 1.00 bits per heavy atom. The van der Waals surface area contributed by atoms with Crippen molar-refractivity contribution in [1.29, 1.82) is 0 Å². The molecule has 0 spiro atoms. The standard InChI is InChI=1S/C20H15N5S/c1-12-8-13-2-3-14(10-18(13)26-12)20-21-7-6-19(24-20)23-16-4-5-17-15(9-16)11-22-25-17/h2-11H,1H3,(H,22,25)(H,21,23,24). The molecule has 0 aliphatic carbocycles. The van der Waals surface area contributed by atoms with Crippen LogP contribution in [0.3, 0.4) is 0 Å². The Balaban J connectivity index is 1.48. The number of thiophene rings is 1. The molecule has 126 valence electrons. The minimum absolute atomic E-state index is 0.715. The quantitative estimate of drug-likeness (QED) is 0.461. The Labute approximate surface area is 153 Å². The second-order valence-electron chi connectivity index (χ2n) is 6.17. The molecule has 3 aromatic heterocycles. The van der Waals surface area contributed by atoms with Gasteiger partial charge in [-0.3, -0.25) is 5.10 Å². The van der Waals surface area contributed by atoms with Gasteiger partial charge in [0.1, 0.15) is 5.82 Å². The zero-order valence-electron chi connectivity index (χ0n) is 14.0. The number of H-pyrrole nitrogens is 1. The lowest BCUT2D eigenvalue weighted by Gasteiger charge is -2.07. The maximum atomic E-state index is 4.68. The molecule has 0 fully saturated rings. The normalized spacial score (nSPS) is 11.3. The molecule has 0 radical (unpaired) electrons. The smallest absolute Gasteiger partial charge is 0.161 e. The predicted molar refractivity (Wildman–Crippen MR) is 107 cm³/mol. The monoisotopic (exact) mass is 357 g/mol. The van der Waals surface area contributed by atoms with Crippen LogP contribution in [0, 0.1) is 6.92 Å². The number of nitrogens with zero attached hydrogens (tertiary/aromatic N) is 3. The fourth-order valence-corrected chi connectivity index (χ4v) is 4.00. The van der Waals surface area contributed by atoms with Crippen LogP contribution in [0.15, 0.2) is 60.9 Å². The third-order valence-electron chi connectivity index (χ3n) is 4.27. The van der Waals surface area contributed by atoms with E-state index in [9.17, 15) is 0 Å². The third-order valence-corrected chi connectivity index (χ3v) is 5.28. The molecule has 0 aliphatic heterocycles. The third kappa shape index (κ3) is 2.70. The van der Waals surface area contributed by atoms with Crippen molar-refractivity contribution in [2.45, 2.75) is 6.92 Å². The molecule has 5 nitrogen and oxygen atoms in total. The summed E-state index contributed by atoms with van der Waals surface area (Å²) in [5, 5.41) is 12.7. The highest BCUT2D eigenvalue weighted by molar-refractivity contribution is 7.19. The number of hydrogen-bond acceptors (Lipinski definition) is 5. The van der Waals surface area contributed by atoms with Gasteiger partial charge in [-0.25, -0.2) is 9.97 Å². The van der Waals surface area contributed by atoms with E-state index in [1.807, 2.05) is 30.5 Å². The molecule has 0 saturated carbocycles. The highest BCUT2D eigenvalue weighted by Gasteiger charge is 2.07. The first-order chi connectivity index (χ1) is 12.7. The maximum Gasteiger partial charge on any atom is 0.161 e. The highest BCUT2D eigenvalue weighted by Crippen LogP contribution is 2.29. The van der Waals surface area contributed by atoms with E-state index in [0.717, 1.165) is 28.0 Å². The maximum absolute atomic E-state index is 4.68. The largest absolute Gasteiger partial charge is 0.340 e. The van der Waals surface area contributed by atoms with Crippen LogP contribution in [0.25, 0.3) is 32.4 Å². The second-order valence-corrected chi connectivity index (χ2v) is 7.46. The molecule has 0 aliphatic rings. The molecule has 0 atom stereocenters. The zero-order valence-corrected chi connectivity index (χ0v) is 14.8. The molecule has 5 rings (SSSR count). The first-order valence-corrected chi connectivity index (χ1v) is 9.10. The number of aromatic amines is 1. The summed E-state index contributed by atoms with van der Waals surface area (Å²) in [5.74, 6) is 1.48. The number of hydrogen-bond donors (Lipinski definition) is 2. The minimum Gasteiger partial charge on any atom is -0.340 e. The summed E-state index contributed by atoms with van der Waals surface area (Å²) in [7, 11) is 0. The van der Waals surface area contributed by atoms with E-state index in [1.165, 1.54) is 15.0 Å². The topological polar surface area (TPSA) is 66.5 Å². The number of aryl methyl sites for hydroxylation is 1. The van der Waals surface area contributed by atoms with Gasteiger partial charge in [0.05, 0.1) is 11.7 Å². The Kier molecular flexibility index (Phi) is 3.43. The molecule has 2 aromatic carbocycles. The van der Waals surface area contributed by atoms with Crippen LogP contribution in [-0.2, 0) is 0 Å². The molecule has 26 heavy (non-hydrogen) atoms. The fraction of sp³-hybridized carbons (Fsp3) is 0.0500. The van der Waals surface area contributed by atoms with E-state index < -0.39 is 0 Å². The molecule has 0 saturated heterocycles. The van der Waals surface area contributed by atoms with Gasteiger partial charge in [-0.15, -0.1) is 11.3 Å². The summed E-state index contributed by atoms with van der Waals surface area (Å²) in [4.78, 5) is 10.4. The van der Waals surface area contributed by atoms with Gasteiger partial charge >= 0.3 is 0 Å². The van der Waals surface area contributed by atoms with Gasteiger partial charge in [-0.2, -0.15) is 5.10 Å². The van der Waals surface area contributed by atoms with E-state index >= 15 is 0 Å². The van der Waals surface area contributed by atoms with Crippen molar-refractivity contribution in [3.8, 4) is 11.4 Å². The zero-order chi connectivity index (χ0) is 17.5. The average Bonchev–Trinajstić information content (AvgIpc) is 3.26. The van der Waals surface area contributed by atoms with Gasteiger partial charge in [0.2, 0.25) is 0 Å². The van der Waals surface area contributed by atoms with Gasteiger partial charge in [0.25, 0.3) is 0 Å². The molecule has 0 bridgehead atoms. The Morgan fingerprint density at radius 3 is 2.92 bits per heavy atom. The summed E-state index contributed by atoms with van der Waals surface area (Å²) in [5.41, 5.74) is 3.00. The Morgan fingerprint density at radius 2 is 1.96 bits per heavy atom. The molecular weight excluding hydrogens is 342 g/mol. The van der Waals surface area contributed by atoms with Crippen molar-refractivity contribution < 1.29 is 0 Å². The molecule has 2 N–H and O–H groups in total. The van der Waals surface area contributed by atoms with Crippen molar-refractivity contribution >= 4 is 43.8 Å². The number of rotatable bonds is 3. The van der Waals surface area contributed by atoms with Crippen molar-refractivity contribution in [2.75, 3.05) is 5.32 Å². The lowest BCUT2D eigenvalue weighted by molar-refractivity contribution is 1.12. The van der Waals surface area contributed by atoms with Crippen molar-refractivity contribution in [1.82, 2.24) is 20.2 Å². The molecule has 6 heteroatoms. The minimum atomic E-state index is 0.715. The number of benzene rings is 2. The van der Waals surface area contributed by atoms with E-state index in [0.29, 0.717) is 5.82 Å². The van der Waals surface area contributed by atoms with Gasteiger partial charge in [0.15, 0.2) is 5.82 Å². The lowest BCUT2D eigenvalue weighted by atomic mass is 10.1. The van der Waals surface area contributed by atoms with Crippen LogP contribution in [0.5, 0.6) is 0 Å². The predicted octanol–water partition coefficient (Wildman–Crippen LogP) is 5.29. The lowest BCUT2D eigenvalue weighted by Crippen LogP contribution is -1.96. The second kappa shape index (κ2) is 5.93. The van der Waals surface area contributed by atoms with Gasteiger partial charge in [0, 0.05) is 32.4 Å². The van der Waals surface area contributed by atoms with Crippen LogP contribution < -0.4 is 5.32 Å². The average molecular weight is 357 g/mol. The van der Waals surface area contributed by atoms with Crippen molar-refractivity contribution in [3.63, 3.8) is 0 Å². The number of nitrogens with one attached hydrogen (secondary N) is 2. The number of anilines is 2. The van der Waals surface area contributed by atoms with Gasteiger partial charge < -0.3 is 5.32 Å². The van der Waals surface area contributed by atoms with Crippen LogP contribution in [0.4, 0.5) is 11.5 Å². The molecule has 3 heterocycles. The highest BCUT2D eigenvalue weighted by atomic mass is 32.1. The summed E-state index contributed by atoms with van der Waals surface area (Å²) >= 11 is 1.79. The number of fused-ring (bicyclic) bond motifs is 2. The first kappa shape index (κ1) is 15.0. The van der Waals surface area contributed by atoms with Crippen molar-refractivity contribution in [3.05, 3.63) is 65.8 Å². The van der Waals surface area contributed by atoms with Gasteiger partial charge in [-0.1, -0.05) is 12.1 Å². The Bertz CT molecular complexity index is 1240.